The summed E-state index contributed by atoms with van der Waals surface area (Å²) in [5, 5.41) is 0.755. The van der Waals surface area contributed by atoms with Crippen molar-refractivity contribution in [3.05, 3.63) is 35.4 Å². The fourth-order valence-electron chi connectivity index (χ4n) is 1.33. The van der Waals surface area contributed by atoms with E-state index in [2.05, 4.69) is 4.84 Å². The molecule has 0 spiro atoms. The molecule has 0 aromatic heterocycles. The number of carbonyl (C=O) groups is 2. The van der Waals surface area contributed by atoms with Crippen molar-refractivity contribution in [3.63, 3.8) is 0 Å². The predicted octanol–water partition coefficient (Wildman–Crippen LogP) is 1.87. The third-order valence-electron chi connectivity index (χ3n) is 1.94. The van der Waals surface area contributed by atoms with E-state index in [1.54, 1.807) is 24.3 Å². The van der Waals surface area contributed by atoms with Crippen LogP contribution in [0, 0.1) is 0 Å². The van der Waals surface area contributed by atoms with Gasteiger partial charge in [0.15, 0.2) is 0 Å². The lowest BCUT2D eigenvalue weighted by atomic mass is 10.1. The summed E-state index contributed by atoms with van der Waals surface area (Å²) in [5.74, 6) is -0.800. The van der Waals surface area contributed by atoms with Gasteiger partial charge in [-0.25, -0.2) is 0 Å². The maximum atomic E-state index is 11.4. The number of carbonyl (C=O) groups excluding carboxylic acids is 2. The largest absolute Gasteiger partial charge is 0.285 e. The number of fused-ring (bicyclic) bond motifs is 1. The molecule has 0 radical (unpaired) electrons. The molecule has 0 atom stereocenters. The molecule has 80 valence electrons. The van der Waals surface area contributed by atoms with E-state index in [0.717, 1.165) is 5.06 Å². The summed E-state index contributed by atoms with van der Waals surface area (Å²) in [7, 11) is 1.29. The lowest BCUT2D eigenvalue weighted by molar-refractivity contribution is -0.0645. The van der Waals surface area contributed by atoms with E-state index in [-0.39, 0.29) is 0 Å². The maximum Gasteiger partial charge on any atom is 0.285 e. The number of nitrogens with zero attached hydrogens (tertiary/aromatic N) is 1. The first kappa shape index (κ1) is 11.4. The van der Waals surface area contributed by atoms with Crippen LogP contribution in [-0.2, 0) is 4.84 Å². The number of rotatable bonds is 1. The van der Waals surface area contributed by atoms with Crippen LogP contribution in [-0.4, -0.2) is 24.0 Å². The lowest BCUT2D eigenvalue weighted by Crippen LogP contribution is -2.28. The van der Waals surface area contributed by atoms with Gasteiger partial charge in [0.1, 0.15) is 0 Å². The Morgan fingerprint density at radius 1 is 1.00 bits per heavy atom. The van der Waals surface area contributed by atoms with Crippen molar-refractivity contribution in [3.8, 4) is 0 Å². The molecule has 1 aromatic carbocycles. The Labute approximate surface area is 88.4 Å². The minimum Gasteiger partial charge on any atom is -0.266 e. The predicted molar refractivity (Wildman–Crippen MR) is 55.3 cm³/mol. The zero-order valence-electron chi connectivity index (χ0n) is 8.98. The highest BCUT2D eigenvalue weighted by Gasteiger charge is 2.35. The van der Waals surface area contributed by atoms with Gasteiger partial charge in [0.2, 0.25) is 0 Å². The smallest absolute Gasteiger partial charge is 0.266 e. The van der Waals surface area contributed by atoms with E-state index >= 15 is 0 Å². The maximum absolute atomic E-state index is 11.4. The summed E-state index contributed by atoms with van der Waals surface area (Å²) >= 11 is 0. The Hall–Kier alpha value is -1.68. The molecule has 2 rings (SSSR count). The van der Waals surface area contributed by atoms with Crippen molar-refractivity contribution >= 4 is 11.8 Å². The van der Waals surface area contributed by atoms with E-state index in [4.69, 9.17) is 0 Å². The van der Waals surface area contributed by atoms with Crippen molar-refractivity contribution in [1.82, 2.24) is 5.06 Å². The highest BCUT2D eigenvalue weighted by atomic mass is 16.7. The Kier molecular flexibility index (Phi) is 3.57. The fourth-order valence-corrected chi connectivity index (χ4v) is 1.33. The van der Waals surface area contributed by atoms with Crippen molar-refractivity contribution in [2.24, 2.45) is 0 Å². The second-order valence-electron chi connectivity index (χ2n) is 2.63. The molecule has 15 heavy (non-hydrogen) atoms. The Bertz CT molecular complexity index is 352. The molecule has 1 aromatic rings. The molecule has 0 saturated heterocycles. The summed E-state index contributed by atoms with van der Waals surface area (Å²) in [6, 6.07) is 6.63. The minimum atomic E-state index is -0.400. The zero-order valence-corrected chi connectivity index (χ0v) is 8.98. The SMILES string of the molecule is CC.CON1C(=O)c2ccccc2C1=O. The fraction of sp³-hybridized carbons (Fsp3) is 0.273. The normalized spacial score (nSPS) is 13.4. The van der Waals surface area contributed by atoms with E-state index in [1.165, 1.54) is 7.11 Å². The first-order chi connectivity index (χ1) is 7.25. The highest BCUT2D eigenvalue weighted by molar-refractivity contribution is 6.20. The average Bonchev–Trinajstić information content (AvgIpc) is 2.55. The van der Waals surface area contributed by atoms with Crippen LogP contribution >= 0.6 is 0 Å². The first-order valence-corrected chi connectivity index (χ1v) is 4.77. The number of amides is 2. The van der Waals surface area contributed by atoms with Gasteiger partial charge in [0.05, 0.1) is 18.2 Å². The number of hydroxylamine groups is 2. The molecule has 0 aliphatic carbocycles. The Balaban J connectivity index is 0.000000531. The minimum absolute atomic E-state index is 0.398. The number of hydrogen-bond donors (Lipinski definition) is 0. The quantitative estimate of drug-likeness (QED) is 0.660. The van der Waals surface area contributed by atoms with Gasteiger partial charge in [-0.1, -0.05) is 26.0 Å². The summed E-state index contributed by atoms with van der Waals surface area (Å²) < 4.78 is 0. The van der Waals surface area contributed by atoms with Crippen molar-refractivity contribution < 1.29 is 14.4 Å². The molecule has 0 saturated carbocycles. The third-order valence-corrected chi connectivity index (χ3v) is 1.94. The molecular formula is C11H13NO3. The summed E-state index contributed by atoms with van der Waals surface area (Å²) in [6.45, 7) is 4.00. The van der Waals surface area contributed by atoms with Crippen molar-refractivity contribution in [1.29, 1.82) is 0 Å². The van der Waals surface area contributed by atoms with Gasteiger partial charge >= 0.3 is 0 Å². The average molecular weight is 207 g/mol. The highest BCUT2D eigenvalue weighted by Crippen LogP contribution is 2.21. The molecule has 0 unspecified atom stereocenters. The van der Waals surface area contributed by atoms with Crippen LogP contribution in [0.2, 0.25) is 0 Å². The monoisotopic (exact) mass is 207 g/mol. The zero-order chi connectivity index (χ0) is 11.4. The number of benzene rings is 1. The summed E-state index contributed by atoms with van der Waals surface area (Å²) in [6.07, 6.45) is 0. The topological polar surface area (TPSA) is 46.6 Å². The molecule has 1 aliphatic rings. The van der Waals surface area contributed by atoms with Crippen molar-refractivity contribution in [2.45, 2.75) is 13.8 Å². The van der Waals surface area contributed by atoms with Gasteiger partial charge in [0, 0.05) is 0 Å². The summed E-state index contributed by atoms with van der Waals surface area (Å²) in [5.41, 5.74) is 0.795. The second-order valence-corrected chi connectivity index (χ2v) is 2.63. The number of hydrogen-bond acceptors (Lipinski definition) is 3. The van der Waals surface area contributed by atoms with Crippen molar-refractivity contribution in [2.75, 3.05) is 7.11 Å². The number of imide groups is 1. The van der Waals surface area contributed by atoms with E-state index in [1.807, 2.05) is 13.8 Å². The van der Waals surface area contributed by atoms with E-state index in [9.17, 15) is 9.59 Å². The molecule has 1 heterocycles. The van der Waals surface area contributed by atoms with Gasteiger partial charge in [-0.15, -0.1) is 5.06 Å². The third kappa shape index (κ3) is 1.76. The van der Waals surface area contributed by atoms with E-state index < -0.39 is 11.8 Å². The molecule has 0 fully saturated rings. The van der Waals surface area contributed by atoms with Crippen LogP contribution in [0.3, 0.4) is 0 Å². The Morgan fingerprint density at radius 3 is 1.73 bits per heavy atom. The molecule has 1 aliphatic heterocycles. The van der Waals surface area contributed by atoms with Gasteiger partial charge in [0.25, 0.3) is 11.8 Å². The van der Waals surface area contributed by atoms with Gasteiger partial charge in [-0.3, -0.25) is 14.4 Å². The summed E-state index contributed by atoms with van der Waals surface area (Å²) in [4.78, 5) is 27.5. The molecular weight excluding hydrogens is 194 g/mol. The standard InChI is InChI=1S/C9H7NO3.C2H6/c1-13-10-8(11)6-4-2-3-5-7(6)9(10)12;1-2/h2-5H,1H3;1-2H3. The Morgan fingerprint density at radius 2 is 1.40 bits per heavy atom. The van der Waals surface area contributed by atoms with Crippen LogP contribution in [0.4, 0.5) is 0 Å². The van der Waals surface area contributed by atoms with Gasteiger partial charge in [-0.2, -0.15) is 0 Å². The molecule has 4 nitrogen and oxygen atoms in total. The molecule has 4 heteroatoms. The molecule has 2 amide bonds. The van der Waals surface area contributed by atoms with Gasteiger partial charge in [-0.05, 0) is 12.1 Å². The van der Waals surface area contributed by atoms with Crippen LogP contribution in [0.15, 0.2) is 24.3 Å². The van der Waals surface area contributed by atoms with Crippen LogP contribution in [0.5, 0.6) is 0 Å². The lowest BCUT2D eigenvalue weighted by Gasteiger charge is -2.07. The molecule has 0 bridgehead atoms. The molecule has 0 N–H and O–H groups in total. The van der Waals surface area contributed by atoms with Crippen LogP contribution in [0.1, 0.15) is 34.6 Å². The van der Waals surface area contributed by atoms with E-state index in [0.29, 0.717) is 11.1 Å². The van der Waals surface area contributed by atoms with Gasteiger partial charge < -0.3 is 0 Å². The first-order valence-electron chi connectivity index (χ1n) is 4.77. The second kappa shape index (κ2) is 4.70. The van der Waals surface area contributed by atoms with Crippen LogP contribution < -0.4 is 0 Å². The van der Waals surface area contributed by atoms with Crippen LogP contribution in [0.25, 0.3) is 0 Å².